The second kappa shape index (κ2) is 15.6. The van der Waals surface area contributed by atoms with Gasteiger partial charge in [0, 0.05) is 19.2 Å². The first kappa shape index (κ1) is 19.0. The third-order valence-corrected chi connectivity index (χ3v) is 2.06. The number of hydrogen-bond acceptors (Lipinski definition) is 4. The molecule has 0 bridgehead atoms. The lowest BCUT2D eigenvalue weighted by Gasteiger charge is -1.94. The summed E-state index contributed by atoms with van der Waals surface area (Å²) in [5, 5.41) is 7.72. The SMILES string of the molecule is CCC(=O)O.CCCCCCN=CCC(=O)OC. The smallest absolute Gasteiger partial charge is 0.310 e. The van der Waals surface area contributed by atoms with Crippen molar-refractivity contribution in [3.05, 3.63) is 0 Å². The number of methoxy groups -OCH3 is 1. The number of carbonyl (C=O) groups is 2. The Hall–Kier alpha value is -1.39. The van der Waals surface area contributed by atoms with Crippen molar-refractivity contribution in [1.29, 1.82) is 0 Å². The summed E-state index contributed by atoms with van der Waals surface area (Å²) in [4.78, 5) is 24.1. The lowest BCUT2D eigenvalue weighted by Crippen LogP contribution is -2.00. The van der Waals surface area contributed by atoms with E-state index in [0.29, 0.717) is 6.42 Å². The summed E-state index contributed by atoms with van der Waals surface area (Å²) in [7, 11) is 1.39. The quantitative estimate of drug-likeness (QED) is 0.413. The van der Waals surface area contributed by atoms with Crippen LogP contribution in [0.1, 0.15) is 52.4 Å². The van der Waals surface area contributed by atoms with E-state index in [1.54, 1.807) is 13.1 Å². The number of aliphatic carboxylic acids is 1. The van der Waals surface area contributed by atoms with Crippen LogP contribution in [0, 0.1) is 0 Å². The summed E-state index contributed by atoms with van der Waals surface area (Å²) >= 11 is 0. The maximum absolute atomic E-state index is 10.6. The molecule has 0 spiro atoms. The number of carboxylic acids is 1. The van der Waals surface area contributed by atoms with Crippen LogP contribution in [0.15, 0.2) is 4.99 Å². The van der Waals surface area contributed by atoms with Gasteiger partial charge in [0.1, 0.15) is 0 Å². The third-order valence-electron chi connectivity index (χ3n) is 2.06. The second-order valence-electron chi connectivity index (χ2n) is 3.68. The molecule has 0 radical (unpaired) electrons. The Morgan fingerprint density at radius 3 is 2.28 bits per heavy atom. The average Bonchev–Trinajstić information content (AvgIpc) is 2.38. The van der Waals surface area contributed by atoms with E-state index < -0.39 is 5.97 Å². The fourth-order valence-corrected chi connectivity index (χ4v) is 0.944. The molecule has 0 aliphatic heterocycles. The lowest BCUT2D eigenvalue weighted by molar-refractivity contribution is -0.139. The van der Waals surface area contributed by atoms with E-state index in [4.69, 9.17) is 5.11 Å². The van der Waals surface area contributed by atoms with Crippen LogP contribution in [0.5, 0.6) is 0 Å². The summed E-state index contributed by atoms with van der Waals surface area (Å²) in [6.45, 7) is 4.61. The highest BCUT2D eigenvalue weighted by atomic mass is 16.5. The van der Waals surface area contributed by atoms with E-state index >= 15 is 0 Å². The standard InChI is InChI=1S/C10H19NO2.C3H6O2/c1-3-4-5-6-8-11-9-7-10(12)13-2;1-2-3(4)5/h9H,3-8H2,1-2H3;2H2,1H3,(H,4,5). The van der Waals surface area contributed by atoms with Gasteiger partial charge in [-0.1, -0.05) is 33.1 Å². The Morgan fingerprint density at radius 2 is 1.83 bits per heavy atom. The highest BCUT2D eigenvalue weighted by Crippen LogP contribution is 1.98. The van der Waals surface area contributed by atoms with Crippen LogP contribution < -0.4 is 0 Å². The van der Waals surface area contributed by atoms with Gasteiger partial charge in [-0.2, -0.15) is 0 Å². The molecule has 18 heavy (non-hydrogen) atoms. The number of aliphatic imine (C=N–C) groups is 1. The minimum atomic E-state index is -0.745. The van der Waals surface area contributed by atoms with Gasteiger partial charge in [0.25, 0.3) is 0 Å². The van der Waals surface area contributed by atoms with E-state index in [1.807, 2.05) is 0 Å². The van der Waals surface area contributed by atoms with Crippen molar-refractivity contribution in [2.75, 3.05) is 13.7 Å². The van der Waals surface area contributed by atoms with Gasteiger partial charge in [-0.3, -0.25) is 14.6 Å². The molecule has 0 heterocycles. The second-order valence-corrected chi connectivity index (χ2v) is 3.68. The molecule has 0 aliphatic rings. The first-order valence-electron chi connectivity index (χ1n) is 6.35. The molecule has 0 saturated carbocycles. The van der Waals surface area contributed by atoms with Crippen molar-refractivity contribution in [2.45, 2.75) is 52.4 Å². The van der Waals surface area contributed by atoms with Gasteiger partial charge in [-0.25, -0.2) is 0 Å². The van der Waals surface area contributed by atoms with E-state index in [0.717, 1.165) is 13.0 Å². The van der Waals surface area contributed by atoms with Crippen molar-refractivity contribution in [3.8, 4) is 0 Å². The molecule has 0 aromatic heterocycles. The van der Waals surface area contributed by atoms with Gasteiger partial charge in [0.05, 0.1) is 13.5 Å². The summed E-state index contributed by atoms with van der Waals surface area (Å²) in [5.74, 6) is -0.970. The van der Waals surface area contributed by atoms with E-state index in [2.05, 4.69) is 16.7 Å². The minimum Gasteiger partial charge on any atom is -0.481 e. The Morgan fingerprint density at radius 1 is 1.22 bits per heavy atom. The van der Waals surface area contributed by atoms with Crippen molar-refractivity contribution >= 4 is 18.2 Å². The fourth-order valence-electron chi connectivity index (χ4n) is 0.944. The van der Waals surface area contributed by atoms with Crippen molar-refractivity contribution in [2.24, 2.45) is 4.99 Å². The Bertz CT molecular complexity index is 239. The van der Waals surface area contributed by atoms with Crippen molar-refractivity contribution < 1.29 is 19.4 Å². The number of esters is 1. The van der Waals surface area contributed by atoms with Gasteiger partial charge in [-0.15, -0.1) is 0 Å². The molecule has 5 nitrogen and oxygen atoms in total. The molecule has 0 saturated heterocycles. The predicted molar refractivity (Wildman–Crippen MR) is 72.1 cm³/mol. The van der Waals surface area contributed by atoms with Crippen LogP contribution in [-0.2, 0) is 14.3 Å². The molecule has 0 amide bonds. The van der Waals surface area contributed by atoms with Gasteiger partial charge in [-0.05, 0) is 6.42 Å². The zero-order valence-corrected chi connectivity index (χ0v) is 11.6. The van der Waals surface area contributed by atoms with Crippen molar-refractivity contribution in [3.63, 3.8) is 0 Å². The first-order chi connectivity index (χ1) is 8.58. The Balaban J connectivity index is 0. The largest absolute Gasteiger partial charge is 0.481 e. The summed E-state index contributed by atoms with van der Waals surface area (Å²) in [6.07, 6.45) is 7.01. The highest BCUT2D eigenvalue weighted by Gasteiger charge is 1.93. The zero-order valence-electron chi connectivity index (χ0n) is 11.6. The van der Waals surface area contributed by atoms with Crippen molar-refractivity contribution in [1.82, 2.24) is 0 Å². The number of rotatable bonds is 8. The zero-order chi connectivity index (χ0) is 14.2. The van der Waals surface area contributed by atoms with Gasteiger partial charge in [0.2, 0.25) is 0 Å². The Kier molecular flexibility index (Phi) is 16.4. The van der Waals surface area contributed by atoms with Crippen LogP contribution in [0.25, 0.3) is 0 Å². The molecule has 106 valence electrons. The Labute approximate surface area is 109 Å². The molecule has 0 unspecified atom stereocenters. The molecule has 0 aliphatic carbocycles. The normalized spacial score (nSPS) is 9.72. The molecule has 0 fully saturated rings. The van der Waals surface area contributed by atoms with E-state index in [-0.39, 0.29) is 12.4 Å². The number of nitrogens with zero attached hydrogens (tertiary/aromatic N) is 1. The lowest BCUT2D eigenvalue weighted by atomic mass is 10.2. The van der Waals surface area contributed by atoms with Crippen LogP contribution in [0.2, 0.25) is 0 Å². The monoisotopic (exact) mass is 259 g/mol. The topological polar surface area (TPSA) is 76.0 Å². The van der Waals surface area contributed by atoms with Gasteiger partial charge in [0.15, 0.2) is 0 Å². The fraction of sp³-hybridized carbons (Fsp3) is 0.769. The highest BCUT2D eigenvalue weighted by molar-refractivity contribution is 5.85. The molecule has 5 heteroatoms. The number of carbonyl (C=O) groups excluding carboxylic acids is 1. The molecular formula is C13H25NO4. The summed E-state index contributed by atoms with van der Waals surface area (Å²) < 4.78 is 4.47. The van der Waals surface area contributed by atoms with E-state index in [1.165, 1.54) is 26.4 Å². The average molecular weight is 259 g/mol. The third kappa shape index (κ3) is 20.1. The maximum Gasteiger partial charge on any atom is 0.310 e. The van der Waals surface area contributed by atoms with Crippen LogP contribution >= 0.6 is 0 Å². The van der Waals surface area contributed by atoms with Gasteiger partial charge < -0.3 is 9.84 Å². The summed E-state index contributed by atoms with van der Waals surface area (Å²) in [5.41, 5.74) is 0. The number of ether oxygens (including phenoxy) is 1. The number of carboxylic acid groups (broad SMARTS) is 1. The molecule has 0 aromatic carbocycles. The van der Waals surface area contributed by atoms with Gasteiger partial charge >= 0.3 is 11.9 Å². The first-order valence-corrected chi connectivity index (χ1v) is 6.35. The maximum atomic E-state index is 10.6. The molecule has 0 atom stereocenters. The number of unbranched alkanes of at least 4 members (excludes halogenated alkanes) is 3. The predicted octanol–water partition coefficient (Wildman–Crippen LogP) is 2.68. The molecule has 0 rings (SSSR count). The van der Waals surface area contributed by atoms with Crippen LogP contribution in [0.3, 0.4) is 0 Å². The number of hydrogen-bond donors (Lipinski definition) is 1. The van der Waals surface area contributed by atoms with E-state index in [9.17, 15) is 9.59 Å². The molecular weight excluding hydrogens is 234 g/mol. The summed E-state index contributed by atoms with van der Waals surface area (Å²) in [6, 6.07) is 0. The molecule has 1 N–H and O–H groups in total. The van der Waals surface area contributed by atoms with Crippen LogP contribution in [0.4, 0.5) is 0 Å². The molecule has 0 aromatic rings. The van der Waals surface area contributed by atoms with Crippen LogP contribution in [-0.4, -0.2) is 36.9 Å². The minimum absolute atomic E-state index is 0.222.